The number of benzene rings is 1. The molecule has 1 N–H and O–H groups in total. The first-order chi connectivity index (χ1) is 14.1. The normalized spacial score (nSPS) is 18.0. The lowest BCUT2D eigenvalue weighted by Crippen LogP contribution is -2.45. The molecule has 0 radical (unpaired) electrons. The molecule has 2 heterocycles. The minimum Gasteiger partial charge on any atom is -0.343 e. The second-order valence-electron chi connectivity index (χ2n) is 7.65. The third-order valence-corrected chi connectivity index (χ3v) is 5.55. The molecule has 1 aromatic carbocycles. The Kier molecular flexibility index (Phi) is 5.42. The number of nitrogens with zero attached hydrogens (tertiary/aromatic N) is 4. The van der Waals surface area contributed by atoms with Gasteiger partial charge in [0.1, 0.15) is 5.54 Å². The van der Waals surface area contributed by atoms with Crippen LogP contribution in [0.15, 0.2) is 40.0 Å². The van der Waals surface area contributed by atoms with Gasteiger partial charge in [-0.05, 0) is 18.4 Å². The number of nitrogens with one attached hydrogen (secondary N) is 1. The van der Waals surface area contributed by atoms with E-state index < -0.39 is 5.54 Å². The van der Waals surface area contributed by atoms with Crippen molar-refractivity contribution in [3.8, 4) is 0 Å². The quantitative estimate of drug-likeness (QED) is 0.810. The van der Waals surface area contributed by atoms with E-state index in [-0.39, 0.29) is 24.7 Å². The number of rotatable bonds is 6. The van der Waals surface area contributed by atoms with Crippen molar-refractivity contribution in [2.75, 3.05) is 6.54 Å². The number of aromatic nitrogens is 2. The highest BCUT2D eigenvalue weighted by molar-refractivity contribution is 6.02. The molecule has 4 rings (SSSR count). The Hall–Kier alpha value is -3.03. The van der Waals surface area contributed by atoms with Gasteiger partial charge in [-0.1, -0.05) is 48.3 Å². The molecule has 0 unspecified atom stereocenters. The third-order valence-electron chi connectivity index (χ3n) is 5.55. The summed E-state index contributed by atoms with van der Waals surface area (Å²) in [5.41, 5.74) is 1.35. The summed E-state index contributed by atoms with van der Waals surface area (Å²) in [5.74, 6) is 0.705. The molecule has 8 heteroatoms. The molecular formula is C21H25N5O3. The Labute approximate surface area is 169 Å². The summed E-state index contributed by atoms with van der Waals surface area (Å²) >= 11 is 0. The standard InChI is InChI=1S/C21H25N5O3/c1-15-22-20(25-29-15)21(12-5-6-13-21)23-18(27)9-10-19(28)26-14-11-17(24-26)16-7-3-2-4-8-16/h2-4,7-8H,5-6,9-14H2,1H3,(H,23,27). The van der Waals surface area contributed by atoms with Gasteiger partial charge in [-0.25, -0.2) is 5.01 Å². The minimum atomic E-state index is -0.579. The maximum atomic E-state index is 12.6. The highest BCUT2D eigenvalue weighted by atomic mass is 16.5. The van der Waals surface area contributed by atoms with Gasteiger partial charge in [-0.3, -0.25) is 9.59 Å². The van der Waals surface area contributed by atoms with Gasteiger partial charge in [0.25, 0.3) is 0 Å². The lowest BCUT2D eigenvalue weighted by molar-refractivity contribution is -0.133. The molecule has 2 amide bonds. The van der Waals surface area contributed by atoms with E-state index in [0.29, 0.717) is 18.3 Å². The molecule has 0 bridgehead atoms. The summed E-state index contributed by atoms with van der Waals surface area (Å²) in [4.78, 5) is 29.4. The summed E-state index contributed by atoms with van der Waals surface area (Å²) in [7, 11) is 0. The number of hydrogen-bond acceptors (Lipinski definition) is 6. The van der Waals surface area contributed by atoms with Gasteiger partial charge in [0.2, 0.25) is 17.7 Å². The minimum absolute atomic E-state index is 0.115. The zero-order valence-electron chi connectivity index (χ0n) is 16.6. The Morgan fingerprint density at radius 1 is 1.17 bits per heavy atom. The predicted molar refractivity (Wildman–Crippen MR) is 106 cm³/mol. The summed E-state index contributed by atoms with van der Waals surface area (Å²) in [6.07, 6.45) is 4.52. The lowest BCUT2D eigenvalue weighted by Gasteiger charge is -2.26. The van der Waals surface area contributed by atoms with Crippen molar-refractivity contribution >= 4 is 17.5 Å². The van der Waals surface area contributed by atoms with E-state index in [4.69, 9.17) is 4.52 Å². The lowest BCUT2D eigenvalue weighted by atomic mass is 9.96. The number of hydrazone groups is 1. The molecule has 0 saturated heterocycles. The SMILES string of the molecule is Cc1nc(C2(NC(=O)CCC(=O)N3CCC(c4ccccc4)=N3)CCCC2)no1. The second-order valence-corrected chi connectivity index (χ2v) is 7.65. The van der Waals surface area contributed by atoms with Crippen LogP contribution in [0.3, 0.4) is 0 Å². The molecule has 1 saturated carbocycles. The predicted octanol–water partition coefficient (Wildman–Crippen LogP) is 2.68. The Morgan fingerprint density at radius 2 is 1.93 bits per heavy atom. The van der Waals surface area contributed by atoms with Crippen LogP contribution in [0.5, 0.6) is 0 Å². The number of carbonyl (C=O) groups is 2. The zero-order chi connectivity index (χ0) is 20.3. The molecule has 1 aromatic heterocycles. The van der Waals surface area contributed by atoms with Crippen LogP contribution >= 0.6 is 0 Å². The highest BCUT2D eigenvalue weighted by Gasteiger charge is 2.41. The molecule has 1 aliphatic carbocycles. The zero-order valence-corrected chi connectivity index (χ0v) is 16.6. The van der Waals surface area contributed by atoms with E-state index in [1.165, 1.54) is 5.01 Å². The number of hydrogen-bond donors (Lipinski definition) is 1. The van der Waals surface area contributed by atoms with Crippen LogP contribution in [0.2, 0.25) is 0 Å². The van der Waals surface area contributed by atoms with Crippen molar-refractivity contribution in [3.05, 3.63) is 47.6 Å². The van der Waals surface area contributed by atoms with E-state index in [2.05, 4.69) is 20.6 Å². The van der Waals surface area contributed by atoms with Crippen molar-refractivity contribution < 1.29 is 14.1 Å². The van der Waals surface area contributed by atoms with E-state index in [1.54, 1.807) is 6.92 Å². The van der Waals surface area contributed by atoms with Crippen molar-refractivity contribution in [1.82, 2.24) is 20.5 Å². The highest BCUT2D eigenvalue weighted by Crippen LogP contribution is 2.37. The van der Waals surface area contributed by atoms with Crippen molar-refractivity contribution in [2.45, 2.75) is 57.4 Å². The number of aryl methyl sites for hydroxylation is 1. The summed E-state index contributed by atoms with van der Waals surface area (Å²) in [6, 6.07) is 9.84. The smallest absolute Gasteiger partial charge is 0.243 e. The Bertz CT molecular complexity index is 915. The largest absolute Gasteiger partial charge is 0.343 e. The molecule has 152 valence electrons. The number of carbonyl (C=O) groups excluding carboxylic acids is 2. The molecule has 2 aliphatic rings. The van der Waals surface area contributed by atoms with Crippen molar-refractivity contribution in [2.24, 2.45) is 5.10 Å². The summed E-state index contributed by atoms with van der Waals surface area (Å²) < 4.78 is 5.11. The number of amides is 2. The first kappa shape index (κ1) is 19.3. The van der Waals surface area contributed by atoms with Crippen molar-refractivity contribution in [3.63, 3.8) is 0 Å². The van der Waals surface area contributed by atoms with Crippen molar-refractivity contribution in [1.29, 1.82) is 0 Å². The Balaban J connectivity index is 1.33. The van der Waals surface area contributed by atoms with Gasteiger partial charge >= 0.3 is 0 Å². The summed E-state index contributed by atoms with van der Waals surface area (Å²) in [5, 5.41) is 13.0. The third kappa shape index (κ3) is 4.21. The van der Waals surface area contributed by atoms with Gasteiger partial charge in [0.15, 0.2) is 5.82 Å². The molecular weight excluding hydrogens is 370 g/mol. The first-order valence-corrected chi connectivity index (χ1v) is 10.1. The molecule has 0 atom stereocenters. The maximum Gasteiger partial charge on any atom is 0.243 e. The topological polar surface area (TPSA) is 101 Å². The van der Waals surface area contributed by atoms with Gasteiger partial charge < -0.3 is 9.84 Å². The fraction of sp³-hybridized carbons (Fsp3) is 0.476. The van der Waals surface area contributed by atoms with Crippen LogP contribution in [0.1, 0.15) is 62.2 Å². The van der Waals surface area contributed by atoms with Gasteiger partial charge in [-0.2, -0.15) is 10.1 Å². The molecule has 29 heavy (non-hydrogen) atoms. The van der Waals surface area contributed by atoms with Gasteiger partial charge in [0, 0.05) is 26.2 Å². The fourth-order valence-corrected chi connectivity index (χ4v) is 4.03. The van der Waals surface area contributed by atoms with Crippen LogP contribution in [-0.4, -0.2) is 39.2 Å². The molecule has 1 fully saturated rings. The average Bonchev–Trinajstić information content (AvgIpc) is 3.48. The van der Waals surface area contributed by atoms with Crippen LogP contribution in [0.4, 0.5) is 0 Å². The van der Waals surface area contributed by atoms with E-state index in [9.17, 15) is 9.59 Å². The van der Waals surface area contributed by atoms with E-state index in [0.717, 1.165) is 43.4 Å². The second kappa shape index (κ2) is 8.14. The van der Waals surface area contributed by atoms with Crippen LogP contribution < -0.4 is 5.32 Å². The molecule has 2 aromatic rings. The maximum absolute atomic E-state index is 12.6. The molecule has 8 nitrogen and oxygen atoms in total. The van der Waals surface area contributed by atoms with Gasteiger partial charge in [-0.15, -0.1) is 0 Å². The summed E-state index contributed by atoms with van der Waals surface area (Å²) in [6.45, 7) is 2.29. The van der Waals surface area contributed by atoms with Crippen LogP contribution in [0.25, 0.3) is 0 Å². The monoisotopic (exact) mass is 395 g/mol. The Morgan fingerprint density at radius 3 is 2.62 bits per heavy atom. The van der Waals surface area contributed by atoms with Gasteiger partial charge in [0.05, 0.1) is 12.3 Å². The fourth-order valence-electron chi connectivity index (χ4n) is 4.03. The van der Waals surface area contributed by atoms with Crippen LogP contribution in [-0.2, 0) is 15.1 Å². The molecule has 1 aliphatic heterocycles. The van der Waals surface area contributed by atoms with E-state index >= 15 is 0 Å². The first-order valence-electron chi connectivity index (χ1n) is 10.1. The van der Waals surface area contributed by atoms with E-state index in [1.807, 2.05) is 30.3 Å². The molecule has 0 spiro atoms. The van der Waals surface area contributed by atoms with Crippen LogP contribution in [0, 0.1) is 6.92 Å². The average molecular weight is 395 g/mol.